The third-order valence-corrected chi connectivity index (χ3v) is 5.65. The van der Waals surface area contributed by atoms with Crippen LogP contribution in [0.3, 0.4) is 0 Å². The monoisotopic (exact) mass is 369 g/mol. The number of thiocarbonyl (C=S) groups is 1. The molecule has 126 valence electrons. The van der Waals surface area contributed by atoms with E-state index in [1.807, 2.05) is 29.2 Å². The van der Waals surface area contributed by atoms with Crippen molar-refractivity contribution in [3.05, 3.63) is 82.1 Å². The lowest BCUT2D eigenvalue weighted by Gasteiger charge is -2.27. The van der Waals surface area contributed by atoms with Gasteiger partial charge in [0.1, 0.15) is 5.82 Å². The molecule has 2 aromatic heterocycles. The summed E-state index contributed by atoms with van der Waals surface area (Å²) in [5.41, 5.74) is 1.37. The van der Waals surface area contributed by atoms with Gasteiger partial charge in [-0.3, -0.25) is 4.98 Å². The maximum Gasteiger partial charge on any atom is 0.174 e. The Hall–Kier alpha value is -2.31. The molecule has 0 bridgehead atoms. The van der Waals surface area contributed by atoms with E-state index < -0.39 is 0 Å². The lowest BCUT2D eigenvalue weighted by Crippen LogP contribution is -2.29. The molecule has 1 aromatic carbocycles. The van der Waals surface area contributed by atoms with Gasteiger partial charge in [0.05, 0.1) is 23.5 Å². The predicted molar refractivity (Wildman–Crippen MR) is 103 cm³/mol. The molecule has 4 rings (SSSR count). The summed E-state index contributed by atoms with van der Waals surface area (Å²) < 4.78 is 14.5. The van der Waals surface area contributed by atoms with Crippen molar-refractivity contribution >= 4 is 34.4 Å². The van der Waals surface area contributed by atoms with E-state index in [1.54, 1.807) is 29.7 Å². The summed E-state index contributed by atoms with van der Waals surface area (Å²) in [5.74, 6) is -0.286. The number of thiophene rings is 1. The number of hydrogen-bond donors (Lipinski definition) is 1. The van der Waals surface area contributed by atoms with Crippen molar-refractivity contribution in [2.24, 2.45) is 0 Å². The number of aromatic nitrogens is 1. The van der Waals surface area contributed by atoms with E-state index in [9.17, 15) is 4.39 Å². The highest BCUT2D eigenvalue weighted by molar-refractivity contribution is 7.80. The first-order valence-electron chi connectivity index (χ1n) is 7.96. The van der Waals surface area contributed by atoms with E-state index in [4.69, 9.17) is 12.2 Å². The normalized spacial score (nSPS) is 19.9. The fourth-order valence-corrected chi connectivity index (χ4v) is 4.51. The van der Waals surface area contributed by atoms with Crippen LogP contribution < -0.4 is 10.2 Å². The van der Waals surface area contributed by atoms with Gasteiger partial charge in [0.25, 0.3) is 0 Å². The largest absolute Gasteiger partial charge is 0.351 e. The lowest BCUT2D eigenvalue weighted by atomic mass is 10.0. The van der Waals surface area contributed by atoms with Crippen LogP contribution in [0.25, 0.3) is 0 Å². The summed E-state index contributed by atoms with van der Waals surface area (Å²) in [4.78, 5) is 8.70. The van der Waals surface area contributed by atoms with Crippen LogP contribution in [-0.4, -0.2) is 10.1 Å². The minimum atomic E-state index is -0.286. The van der Waals surface area contributed by atoms with Crippen LogP contribution in [0.1, 0.15) is 27.5 Å². The molecule has 0 saturated carbocycles. The number of nitrogens with one attached hydrogen (secondary N) is 1. The zero-order chi connectivity index (χ0) is 17.4. The Kier molecular flexibility index (Phi) is 4.23. The number of nitrogens with zero attached hydrogens (tertiary/aromatic N) is 2. The summed E-state index contributed by atoms with van der Waals surface area (Å²) in [5, 5.41) is 3.85. The van der Waals surface area contributed by atoms with Crippen LogP contribution in [0, 0.1) is 12.7 Å². The van der Waals surface area contributed by atoms with Crippen molar-refractivity contribution in [1.29, 1.82) is 0 Å². The molecular weight excluding hydrogens is 353 g/mol. The number of halogens is 1. The molecule has 6 heteroatoms. The minimum Gasteiger partial charge on any atom is -0.351 e. The minimum absolute atomic E-state index is 0.133. The molecule has 1 fully saturated rings. The Morgan fingerprint density at radius 2 is 1.92 bits per heavy atom. The molecule has 1 N–H and O–H groups in total. The van der Waals surface area contributed by atoms with Gasteiger partial charge in [0, 0.05) is 16.0 Å². The van der Waals surface area contributed by atoms with Crippen molar-refractivity contribution in [1.82, 2.24) is 10.3 Å². The number of hydrogen-bond acceptors (Lipinski definition) is 3. The number of pyridine rings is 1. The van der Waals surface area contributed by atoms with Crippen molar-refractivity contribution in [2.75, 3.05) is 4.90 Å². The van der Waals surface area contributed by atoms with Gasteiger partial charge in [0.15, 0.2) is 5.11 Å². The standard InChI is InChI=1S/C19H16FN3S2/c1-12-9-10-16(25-12)18-17(14-7-4-5-11-21-14)22-19(24)23(18)15-8-3-2-6-13(15)20/h2-11,17-18H,1H3,(H,22,24)/t17-,18-/m0/s1. The highest BCUT2D eigenvalue weighted by atomic mass is 32.1. The zero-order valence-corrected chi connectivity index (χ0v) is 15.2. The van der Waals surface area contributed by atoms with E-state index in [1.165, 1.54) is 10.9 Å². The molecule has 1 aliphatic heterocycles. The molecule has 25 heavy (non-hydrogen) atoms. The lowest BCUT2D eigenvalue weighted by molar-refractivity contribution is 0.565. The van der Waals surface area contributed by atoms with Gasteiger partial charge < -0.3 is 10.2 Å². The third-order valence-electron chi connectivity index (χ3n) is 4.26. The van der Waals surface area contributed by atoms with Crippen LogP contribution in [-0.2, 0) is 0 Å². The van der Waals surface area contributed by atoms with Gasteiger partial charge in [-0.15, -0.1) is 11.3 Å². The molecule has 2 atom stereocenters. The summed E-state index contributed by atoms with van der Waals surface area (Å²) in [6, 6.07) is 16.4. The van der Waals surface area contributed by atoms with Crippen molar-refractivity contribution in [2.45, 2.75) is 19.0 Å². The summed E-state index contributed by atoms with van der Waals surface area (Å²) in [6.07, 6.45) is 1.77. The Morgan fingerprint density at radius 3 is 2.60 bits per heavy atom. The van der Waals surface area contributed by atoms with E-state index in [-0.39, 0.29) is 17.9 Å². The zero-order valence-electron chi connectivity index (χ0n) is 13.5. The van der Waals surface area contributed by atoms with Gasteiger partial charge in [-0.2, -0.15) is 0 Å². The molecule has 0 radical (unpaired) electrons. The van der Waals surface area contributed by atoms with E-state index >= 15 is 0 Å². The van der Waals surface area contributed by atoms with Crippen molar-refractivity contribution in [3.8, 4) is 0 Å². The molecule has 1 saturated heterocycles. The highest BCUT2D eigenvalue weighted by Crippen LogP contribution is 2.44. The quantitative estimate of drug-likeness (QED) is 0.673. The Balaban J connectivity index is 1.85. The van der Waals surface area contributed by atoms with Gasteiger partial charge in [-0.05, 0) is 55.5 Å². The Bertz CT molecular complexity index is 910. The number of para-hydroxylation sites is 1. The van der Waals surface area contributed by atoms with E-state index in [0.717, 1.165) is 10.6 Å². The van der Waals surface area contributed by atoms with Crippen molar-refractivity contribution in [3.63, 3.8) is 0 Å². The van der Waals surface area contributed by atoms with Gasteiger partial charge in [-0.25, -0.2) is 4.39 Å². The van der Waals surface area contributed by atoms with Gasteiger partial charge in [0.2, 0.25) is 0 Å². The predicted octanol–water partition coefficient (Wildman–Crippen LogP) is 4.77. The second-order valence-corrected chi connectivity index (χ2v) is 7.60. The average molecular weight is 369 g/mol. The number of benzene rings is 1. The maximum atomic E-state index is 14.5. The Labute approximate surface area is 155 Å². The highest BCUT2D eigenvalue weighted by Gasteiger charge is 2.42. The first kappa shape index (κ1) is 16.2. The van der Waals surface area contributed by atoms with E-state index in [0.29, 0.717) is 10.8 Å². The van der Waals surface area contributed by atoms with Crippen LogP contribution >= 0.6 is 23.6 Å². The second-order valence-electron chi connectivity index (χ2n) is 5.90. The fourth-order valence-electron chi connectivity index (χ4n) is 3.16. The number of anilines is 1. The number of aryl methyl sites for hydroxylation is 1. The Morgan fingerprint density at radius 1 is 1.12 bits per heavy atom. The molecule has 0 unspecified atom stereocenters. The summed E-state index contributed by atoms with van der Waals surface area (Å²) in [6.45, 7) is 2.07. The van der Waals surface area contributed by atoms with E-state index in [2.05, 4.69) is 29.4 Å². The van der Waals surface area contributed by atoms with Gasteiger partial charge >= 0.3 is 0 Å². The maximum absolute atomic E-state index is 14.5. The molecule has 3 heterocycles. The van der Waals surface area contributed by atoms with Gasteiger partial charge in [-0.1, -0.05) is 18.2 Å². The molecule has 0 amide bonds. The molecule has 3 nitrogen and oxygen atoms in total. The third kappa shape index (κ3) is 2.92. The summed E-state index contributed by atoms with van der Waals surface area (Å²) >= 11 is 7.27. The molecule has 0 spiro atoms. The smallest absolute Gasteiger partial charge is 0.174 e. The summed E-state index contributed by atoms with van der Waals surface area (Å²) in [7, 11) is 0. The van der Waals surface area contributed by atoms with Crippen LogP contribution in [0.4, 0.5) is 10.1 Å². The first-order chi connectivity index (χ1) is 12.1. The fraction of sp³-hybridized carbons (Fsp3) is 0.158. The average Bonchev–Trinajstić information content (AvgIpc) is 3.19. The van der Waals surface area contributed by atoms with Crippen molar-refractivity contribution < 1.29 is 4.39 Å². The second kappa shape index (κ2) is 6.54. The van der Waals surface area contributed by atoms with Crippen LogP contribution in [0.2, 0.25) is 0 Å². The van der Waals surface area contributed by atoms with Crippen LogP contribution in [0.5, 0.6) is 0 Å². The molecule has 3 aromatic rings. The first-order valence-corrected chi connectivity index (χ1v) is 9.19. The number of rotatable bonds is 3. The molecule has 1 aliphatic rings. The van der Waals surface area contributed by atoms with Crippen LogP contribution in [0.15, 0.2) is 60.8 Å². The SMILES string of the molecule is Cc1ccc([C@H]2[C@H](c3ccccn3)NC(=S)N2c2ccccc2F)s1. The molecule has 0 aliphatic carbocycles. The molecular formula is C19H16FN3S2. The topological polar surface area (TPSA) is 28.2 Å².